The Labute approximate surface area is 84.9 Å². The van der Waals surface area contributed by atoms with Gasteiger partial charge in [-0.2, -0.15) is 17.0 Å². The summed E-state index contributed by atoms with van der Waals surface area (Å²) < 4.78 is 0. The lowest BCUT2D eigenvalue weighted by atomic mass is 10.0. The molecule has 2 nitrogen and oxygen atoms in total. The summed E-state index contributed by atoms with van der Waals surface area (Å²) in [6.07, 6.45) is 6.71. The second kappa shape index (κ2) is 4.88. The number of nitrogens with two attached hydrogens (primary N) is 1. The van der Waals surface area contributed by atoms with Gasteiger partial charge in [0.15, 0.2) is 0 Å². The zero-order chi connectivity index (χ0) is 9.73. The summed E-state index contributed by atoms with van der Waals surface area (Å²) >= 11 is 1.88. The molecule has 1 aliphatic carbocycles. The van der Waals surface area contributed by atoms with Crippen LogP contribution in [-0.4, -0.2) is 16.5 Å². The minimum atomic E-state index is -0.637. The lowest BCUT2D eigenvalue weighted by Crippen LogP contribution is -2.37. The van der Waals surface area contributed by atoms with E-state index in [0.29, 0.717) is 0 Å². The van der Waals surface area contributed by atoms with E-state index in [9.17, 15) is 0 Å². The Morgan fingerprint density at radius 1 is 1.46 bits per heavy atom. The maximum absolute atomic E-state index is 8.74. The average molecular weight is 198 g/mol. The molecule has 13 heavy (non-hydrogen) atoms. The molecule has 0 aromatic rings. The molecule has 0 spiro atoms. The Morgan fingerprint density at radius 3 is 2.62 bits per heavy atom. The average Bonchev–Trinajstić information content (AvgIpc) is 2.17. The van der Waals surface area contributed by atoms with Crippen molar-refractivity contribution < 1.29 is 0 Å². The minimum Gasteiger partial charge on any atom is -0.313 e. The van der Waals surface area contributed by atoms with Crippen molar-refractivity contribution >= 4 is 11.8 Å². The molecule has 1 rings (SSSR count). The van der Waals surface area contributed by atoms with Gasteiger partial charge in [0.1, 0.15) is 5.54 Å². The number of hydrogen-bond acceptors (Lipinski definition) is 3. The van der Waals surface area contributed by atoms with Crippen LogP contribution in [0.25, 0.3) is 0 Å². The van der Waals surface area contributed by atoms with Gasteiger partial charge in [0.25, 0.3) is 0 Å². The zero-order valence-electron chi connectivity index (χ0n) is 8.25. The molecule has 74 valence electrons. The van der Waals surface area contributed by atoms with Crippen molar-refractivity contribution in [1.29, 1.82) is 5.26 Å². The Morgan fingerprint density at radius 2 is 2.08 bits per heavy atom. The van der Waals surface area contributed by atoms with Gasteiger partial charge in [0, 0.05) is 11.0 Å². The maximum atomic E-state index is 8.74. The van der Waals surface area contributed by atoms with E-state index < -0.39 is 5.54 Å². The fourth-order valence-corrected chi connectivity index (χ4v) is 2.87. The molecule has 0 amide bonds. The fourth-order valence-electron chi connectivity index (χ4n) is 1.56. The highest BCUT2D eigenvalue weighted by Crippen LogP contribution is 2.29. The van der Waals surface area contributed by atoms with E-state index >= 15 is 0 Å². The molecule has 2 N–H and O–H groups in total. The predicted molar refractivity (Wildman–Crippen MR) is 57.5 cm³/mol. The van der Waals surface area contributed by atoms with Gasteiger partial charge in [-0.3, -0.25) is 0 Å². The summed E-state index contributed by atoms with van der Waals surface area (Å²) in [6, 6.07) is 2.14. The molecule has 1 atom stereocenters. The van der Waals surface area contributed by atoms with Gasteiger partial charge in [0.2, 0.25) is 0 Å². The molecule has 0 aliphatic heterocycles. The summed E-state index contributed by atoms with van der Waals surface area (Å²) in [5.41, 5.74) is 5.11. The van der Waals surface area contributed by atoms with Gasteiger partial charge in [-0.15, -0.1) is 0 Å². The summed E-state index contributed by atoms with van der Waals surface area (Å²) in [5, 5.41) is 9.49. The monoisotopic (exact) mass is 198 g/mol. The SMILES string of the molecule is CC(N)(C#N)CSC1CCCCC1. The maximum Gasteiger partial charge on any atom is 0.110 e. The van der Waals surface area contributed by atoms with Crippen LogP contribution in [-0.2, 0) is 0 Å². The normalized spacial score (nSPS) is 23.5. The topological polar surface area (TPSA) is 49.8 Å². The number of hydrogen-bond donors (Lipinski definition) is 1. The highest BCUT2D eigenvalue weighted by Gasteiger charge is 2.21. The first-order valence-corrected chi connectivity index (χ1v) is 6.01. The molecular weight excluding hydrogens is 180 g/mol. The van der Waals surface area contributed by atoms with Crippen LogP contribution in [0.3, 0.4) is 0 Å². The number of nitrogens with zero attached hydrogens (tertiary/aromatic N) is 1. The van der Waals surface area contributed by atoms with Crippen molar-refractivity contribution in [2.45, 2.75) is 49.8 Å². The Hall–Kier alpha value is -0.200. The van der Waals surface area contributed by atoms with Crippen LogP contribution in [0.4, 0.5) is 0 Å². The van der Waals surface area contributed by atoms with Crippen molar-refractivity contribution in [2.24, 2.45) is 5.73 Å². The number of nitriles is 1. The Balaban J connectivity index is 2.22. The largest absolute Gasteiger partial charge is 0.313 e. The fraction of sp³-hybridized carbons (Fsp3) is 0.900. The molecule has 0 bridgehead atoms. The summed E-state index contributed by atoms with van der Waals surface area (Å²) in [5.74, 6) is 0.772. The van der Waals surface area contributed by atoms with Crippen molar-refractivity contribution in [2.75, 3.05) is 5.75 Å². The molecule has 0 heterocycles. The third-order valence-corrected chi connectivity index (χ3v) is 4.14. The lowest BCUT2D eigenvalue weighted by Gasteiger charge is -2.24. The Bertz CT molecular complexity index is 190. The van der Waals surface area contributed by atoms with Gasteiger partial charge in [-0.1, -0.05) is 19.3 Å². The molecule has 1 aliphatic rings. The number of thioether (sulfide) groups is 1. The van der Waals surface area contributed by atoms with Gasteiger partial charge < -0.3 is 5.73 Å². The van der Waals surface area contributed by atoms with Crippen LogP contribution >= 0.6 is 11.8 Å². The second-order valence-corrected chi connectivity index (χ2v) is 5.39. The first-order valence-electron chi connectivity index (χ1n) is 4.96. The van der Waals surface area contributed by atoms with E-state index in [-0.39, 0.29) is 0 Å². The molecule has 1 fully saturated rings. The van der Waals surface area contributed by atoms with E-state index in [0.717, 1.165) is 11.0 Å². The highest BCUT2D eigenvalue weighted by atomic mass is 32.2. The van der Waals surface area contributed by atoms with Crippen LogP contribution in [0.1, 0.15) is 39.0 Å². The molecule has 3 heteroatoms. The quantitative estimate of drug-likeness (QED) is 0.757. The molecular formula is C10H18N2S. The first-order chi connectivity index (χ1) is 6.14. The van der Waals surface area contributed by atoms with E-state index in [1.807, 2.05) is 18.7 Å². The van der Waals surface area contributed by atoms with Crippen LogP contribution in [0, 0.1) is 11.3 Å². The number of rotatable bonds is 3. The van der Waals surface area contributed by atoms with Crippen molar-refractivity contribution in [1.82, 2.24) is 0 Å². The molecule has 0 aromatic carbocycles. The third-order valence-electron chi connectivity index (χ3n) is 2.43. The molecule has 0 aromatic heterocycles. The van der Waals surface area contributed by atoms with Crippen LogP contribution in [0.5, 0.6) is 0 Å². The van der Waals surface area contributed by atoms with Crippen molar-refractivity contribution in [3.05, 3.63) is 0 Å². The van der Waals surface area contributed by atoms with Crippen molar-refractivity contribution in [3.8, 4) is 6.07 Å². The van der Waals surface area contributed by atoms with Gasteiger partial charge in [0.05, 0.1) is 6.07 Å². The molecule has 0 saturated heterocycles. The third kappa shape index (κ3) is 4.02. The summed E-state index contributed by atoms with van der Waals surface area (Å²) in [6.45, 7) is 1.81. The molecule has 1 unspecified atom stereocenters. The van der Waals surface area contributed by atoms with Gasteiger partial charge in [-0.05, 0) is 19.8 Å². The summed E-state index contributed by atoms with van der Waals surface area (Å²) in [4.78, 5) is 0. The van der Waals surface area contributed by atoms with E-state index in [2.05, 4.69) is 6.07 Å². The van der Waals surface area contributed by atoms with Gasteiger partial charge >= 0.3 is 0 Å². The zero-order valence-corrected chi connectivity index (χ0v) is 9.07. The standard InChI is InChI=1S/C10H18N2S/c1-10(12,7-11)8-13-9-5-3-2-4-6-9/h9H,2-6,8,12H2,1H3. The predicted octanol–water partition coefficient (Wildman–Crippen LogP) is 2.29. The summed E-state index contributed by atoms with van der Waals surface area (Å²) in [7, 11) is 0. The second-order valence-electron chi connectivity index (χ2n) is 4.10. The highest BCUT2D eigenvalue weighted by molar-refractivity contribution is 8.00. The Kier molecular flexibility index (Phi) is 4.08. The first kappa shape index (κ1) is 10.9. The smallest absolute Gasteiger partial charge is 0.110 e. The van der Waals surface area contributed by atoms with E-state index in [1.165, 1.54) is 32.1 Å². The van der Waals surface area contributed by atoms with E-state index in [1.54, 1.807) is 0 Å². The van der Waals surface area contributed by atoms with E-state index in [4.69, 9.17) is 11.0 Å². The van der Waals surface area contributed by atoms with Crippen molar-refractivity contribution in [3.63, 3.8) is 0 Å². The minimum absolute atomic E-state index is 0.637. The van der Waals surface area contributed by atoms with Crippen LogP contribution in [0.2, 0.25) is 0 Å². The lowest BCUT2D eigenvalue weighted by molar-refractivity contribution is 0.514. The molecule has 0 radical (unpaired) electrons. The van der Waals surface area contributed by atoms with Gasteiger partial charge in [-0.25, -0.2) is 0 Å². The van der Waals surface area contributed by atoms with Crippen LogP contribution < -0.4 is 5.73 Å². The van der Waals surface area contributed by atoms with Crippen LogP contribution in [0.15, 0.2) is 0 Å². The molecule has 1 saturated carbocycles.